The molecule has 0 fully saturated rings. The summed E-state index contributed by atoms with van der Waals surface area (Å²) in [6, 6.07) is 13.2. The van der Waals surface area contributed by atoms with Crippen LogP contribution in [0.3, 0.4) is 0 Å². The lowest BCUT2D eigenvalue weighted by atomic mass is 10.1. The highest BCUT2D eigenvalue weighted by Crippen LogP contribution is 2.34. The molecule has 1 heterocycles. The van der Waals surface area contributed by atoms with Crippen LogP contribution in [0.15, 0.2) is 42.5 Å². The van der Waals surface area contributed by atoms with Crippen molar-refractivity contribution in [3.63, 3.8) is 0 Å². The number of carbonyl (C=O) groups is 1. The van der Waals surface area contributed by atoms with Crippen LogP contribution < -0.4 is 19.1 Å². The summed E-state index contributed by atoms with van der Waals surface area (Å²) in [4.78, 5) is 14.6. The Morgan fingerprint density at radius 3 is 2.67 bits per heavy atom. The molecule has 3 rings (SSSR count). The fourth-order valence-electron chi connectivity index (χ4n) is 2.89. The lowest BCUT2D eigenvalue weighted by Crippen LogP contribution is -2.43. The Balaban J connectivity index is 1.83. The number of rotatable bonds is 4. The van der Waals surface area contributed by atoms with E-state index in [0.717, 1.165) is 17.0 Å². The molecule has 0 saturated carbocycles. The Morgan fingerprint density at radius 1 is 1.17 bits per heavy atom. The second-order valence-electron chi connectivity index (χ2n) is 5.77. The number of hydrogen-bond acceptors (Lipinski definition) is 4. The molecule has 2 aromatic carbocycles. The number of anilines is 1. The molecule has 0 aliphatic carbocycles. The van der Waals surface area contributed by atoms with Crippen LogP contribution in [0.2, 0.25) is 0 Å². The average molecular weight is 327 g/mol. The normalized spacial score (nSPS) is 16.1. The van der Waals surface area contributed by atoms with Crippen molar-refractivity contribution in [3.8, 4) is 17.2 Å². The molecule has 0 saturated heterocycles. The molecule has 0 aromatic heterocycles. The third-order valence-electron chi connectivity index (χ3n) is 4.03. The van der Waals surface area contributed by atoms with E-state index in [1.165, 1.54) is 0 Å². The highest BCUT2D eigenvalue weighted by Gasteiger charge is 2.27. The minimum Gasteiger partial charge on any atom is -0.493 e. The number of methoxy groups -OCH3 is 2. The number of fused-ring (bicyclic) bond motifs is 1. The van der Waals surface area contributed by atoms with Gasteiger partial charge in [0.05, 0.1) is 32.9 Å². The monoisotopic (exact) mass is 327 g/mol. The molecule has 1 amide bonds. The summed E-state index contributed by atoms with van der Waals surface area (Å²) in [5.74, 6) is 2.05. The van der Waals surface area contributed by atoms with Crippen LogP contribution in [0.5, 0.6) is 17.2 Å². The second kappa shape index (κ2) is 6.83. The summed E-state index contributed by atoms with van der Waals surface area (Å²) < 4.78 is 16.3. The maximum atomic E-state index is 12.8. The van der Waals surface area contributed by atoms with Crippen LogP contribution in [0.1, 0.15) is 12.5 Å². The summed E-state index contributed by atoms with van der Waals surface area (Å²) in [7, 11) is 3.18. The van der Waals surface area contributed by atoms with E-state index >= 15 is 0 Å². The fourth-order valence-corrected chi connectivity index (χ4v) is 2.89. The molecule has 2 aromatic rings. The molecule has 1 aliphatic heterocycles. The molecule has 0 spiro atoms. The van der Waals surface area contributed by atoms with E-state index < -0.39 is 0 Å². The SMILES string of the molecule is COc1ccc(CC(=O)N2CC(C)Oc3ccccc32)cc1OC. The Labute approximate surface area is 141 Å². The minimum absolute atomic E-state index is 0.0322. The number of nitrogens with zero attached hydrogens (tertiary/aromatic N) is 1. The molecule has 0 N–H and O–H groups in total. The summed E-state index contributed by atoms with van der Waals surface area (Å²) in [6.07, 6.45) is 0.260. The van der Waals surface area contributed by atoms with Crippen LogP contribution in [-0.4, -0.2) is 32.8 Å². The third-order valence-corrected chi connectivity index (χ3v) is 4.03. The molecule has 126 valence electrons. The maximum Gasteiger partial charge on any atom is 0.231 e. The van der Waals surface area contributed by atoms with Crippen LogP contribution in [0.4, 0.5) is 5.69 Å². The molecule has 1 aliphatic rings. The first-order valence-corrected chi connectivity index (χ1v) is 7.89. The van der Waals surface area contributed by atoms with Crippen molar-refractivity contribution in [3.05, 3.63) is 48.0 Å². The van der Waals surface area contributed by atoms with E-state index in [2.05, 4.69) is 0 Å². The Hall–Kier alpha value is -2.69. The lowest BCUT2D eigenvalue weighted by molar-refractivity contribution is -0.118. The number of para-hydroxylation sites is 2. The van der Waals surface area contributed by atoms with Gasteiger partial charge in [0.25, 0.3) is 0 Å². The first-order chi connectivity index (χ1) is 11.6. The Bertz CT molecular complexity index is 744. The number of benzene rings is 2. The summed E-state index contributed by atoms with van der Waals surface area (Å²) >= 11 is 0. The van der Waals surface area contributed by atoms with Crippen molar-refractivity contribution in [1.29, 1.82) is 0 Å². The summed E-state index contributed by atoms with van der Waals surface area (Å²) in [6.45, 7) is 2.51. The standard InChI is InChI=1S/C19H21NO4/c1-13-12-20(15-6-4-5-7-16(15)24-13)19(21)11-14-8-9-17(22-2)18(10-14)23-3/h4-10,13H,11-12H2,1-3H3. The van der Waals surface area contributed by atoms with Gasteiger partial charge in [0.1, 0.15) is 11.9 Å². The largest absolute Gasteiger partial charge is 0.493 e. The van der Waals surface area contributed by atoms with Crippen LogP contribution in [0, 0.1) is 0 Å². The van der Waals surface area contributed by atoms with E-state index in [1.807, 2.05) is 49.4 Å². The molecule has 1 unspecified atom stereocenters. The van der Waals surface area contributed by atoms with Crippen molar-refractivity contribution < 1.29 is 19.0 Å². The molecular weight excluding hydrogens is 306 g/mol. The van der Waals surface area contributed by atoms with Gasteiger partial charge in [-0.3, -0.25) is 4.79 Å². The number of carbonyl (C=O) groups excluding carboxylic acids is 1. The summed E-state index contributed by atoms with van der Waals surface area (Å²) in [5, 5.41) is 0. The molecule has 0 bridgehead atoms. The predicted molar refractivity (Wildman–Crippen MR) is 92.1 cm³/mol. The number of ether oxygens (including phenoxy) is 3. The van der Waals surface area contributed by atoms with Gasteiger partial charge in [0.15, 0.2) is 11.5 Å². The van der Waals surface area contributed by atoms with Gasteiger partial charge in [0, 0.05) is 0 Å². The zero-order chi connectivity index (χ0) is 17.1. The van der Waals surface area contributed by atoms with Gasteiger partial charge in [-0.15, -0.1) is 0 Å². The number of amides is 1. The average Bonchev–Trinajstić information content (AvgIpc) is 2.60. The van der Waals surface area contributed by atoms with Gasteiger partial charge in [-0.2, -0.15) is 0 Å². The van der Waals surface area contributed by atoms with Crippen molar-refractivity contribution in [2.75, 3.05) is 25.7 Å². The minimum atomic E-state index is -0.0331. The number of hydrogen-bond donors (Lipinski definition) is 0. The first kappa shape index (κ1) is 16.2. The zero-order valence-corrected chi connectivity index (χ0v) is 14.1. The highest BCUT2D eigenvalue weighted by atomic mass is 16.5. The third kappa shape index (κ3) is 3.15. The molecular formula is C19H21NO4. The van der Waals surface area contributed by atoms with E-state index in [9.17, 15) is 4.79 Å². The van der Waals surface area contributed by atoms with E-state index in [4.69, 9.17) is 14.2 Å². The molecule has 24 heavy (non-hydrogen) atoms. The molecule has 5 heteroatoms. The van der Waals surface area contributed by atoms with E-state index in [0.29, 0.717) is 24.5 Å². The Morgan fingerprint density at radius 2 is 1.92 bits per heavy atom. The van der Waals surface area contributed by atoms with Gasteiger partial charge < -0.3 is 19.1 Å². The quantitative estimate of drug-likeness (QED) is 0.866. The van der Waals surface area contributed by atoms with Crippen LogP contribution in [0.25, 0.3) is 0 Å². The Kier molecular flexibility index (Phi) is 4.60. The highest BCUT2D eigenvalue weighted by molar-refractivity contribution is 5.96. The van der Waals surface area contributed by atoms with Gasteiger partial charge in [-0.05, 0) is 36.8 Å². The van der Waals surface area contributed by atoms with Crippen LogP contribution in [-0.2, 0) is 11.2 Å². The lowest BCUT2D eigenvalue weighted by Gasteiger charge is -2.33. The summed E-state index contributed by atoms with van der Waals surface area (Å²) in [5.41, 5.74) is 1.70. The van der Waals surface area contributed by atoms with Gasteiger partial charge >= 0.3 is 0 Å². The second-order valence-corrected chi connectivity index (χ2v) is 5.77. The van der Waals surface area contributed by atoms with Gasteiger partial charge in [0.2, 0.25) is 5.91 Å². The van der Waals surface area contributed by atoms with Crippen molar-refractivity contribution in [1.82, 2.24) is 0 Å². The topological polar surface area (TPSA) is 48.0 Å². The van der Waals surface area contributed by atoms with Crippen LogP contribution >= 0.6 is 0 Å². The first-order valence-electron chi connectivity index (χ1n) is 7.89. The zero-order valence-electron chi connectivity index (χ0n) is 14.1. The van der Waals surface area contributed by atoms with E-state index in [-0.39, 0.29) is 12.0 Å². The van der Waals surface area contributed by atoms with E-state index in [1.54, 1.807) is 19.1 Å². The van der Waals surface area contributed by atoms with Crippen molar-refractivity contribution in [2.24, 2.45) is 0 Å². The van der Waals surface area contributed by atoms with Crippen molar-refractivity contribution >= 4 is 11.6 Å². The molecule has 0 radical (unpaired) electrons. The van der Waals surface area contributed by atoms with Crippen molar-refractivity contribution in [2.45, 2.75) is 19.4 Å². The molecule has 1 atom stereocenters. The van der Waals surface area contributed by atoms with Gasteiger partial charge in [-0.1, -0.05) is 18.2 Å². The maximum absolute atomic E-state index is 12.8. The predicted octanol–water partition coefficient (Wildman–Crippen LogP) is 3.06. The fraction of sp³-hybridized carbons (Fsp3) is 0.316. The smallest absolute Gasteiger partial charge is 0.231 e. The molecule has 5 nitrogen and oxygen atoms in total. The van der Waals surface area contributed by atoms with Gasteiger partial charge in [-0.25, -0.2) is 0 Å².